The van der Waals surface area contributed by atoms with Gasteiger partial charge in [-0.25, -0.2) is 0 Å². The van der Waals surface area contributed by atoms with E-state index in [4.69, 9.17) is 0 Å². The molecule has 0 aromatic rings. The largest absolute Gasteiger partial charge is 0.493 e. The predicted molar refractivity (Wildman–Crippen MR) is 31.8 cm³/mol. The molecule has 0 unspecified atom stereocenters. The van der Waals surface area contributed by atoms with Crippen molar-refractivity contribution in [2.24, 2.45) is 0 Å². The van der Waals surface area contributed by atoms with Crippen LogP contribution in [0.4, 0.5) is 0 Å². The number of methoxy groups -OCH3 is 1. The summed E-state index contributed by atoms with van der Waals surface area (Å²) in [4.78, 5) is 20.8. The Hall–Kier alpha value is -1.12. The van der Waals surface area contributed by atoms with Gasteiger partial charge in [0, 0.05) is 6.92 Å². The van der Waals surface area contributed by atoms with Crippen LogP contribution in [0, 0.1) is 0 Å². The average molecular weight is 128 g/mol. The molecule has 3 nitrogen and oxygen atoms in total. The summed E-state index contributed by atoms with van der Waals surface area (Å²) in [7, 11) is 1.29. The maximum atomic E-state index is 10.5. The van der Waals surface area contributed by atoms with Crippen LogP contribution in [0.25, 0.3) is 0 Å². The van der Waals surface area contributed by atoms with Crippen molar-refractivity contribution in [3.8, 4) is 0 Å². The van der Waals surface area contributed by atoms with Gasteiger partial charge in [0.1, 0.15) is 0 Å². The number of carbonyl (C=O) groups excluding carboxylic acids is 2. The Kier molecular flexibility index (Phi) is 2.64. The molecule has 0 fully saturated rings. The van der Waals surface area contributed by atoms with Crippen molar-refractivity contribution in [2.75, 3.05) is 7.11 Å². The summed E-state index contributed by atoms with van der Waals surface area (Å²) in [5.74, 6) is -1.33. The van der Waals surface area contributed by atoms with Crippen molar-refractivity contribution < 1.29 is 14.3 Å². The minimum atomic E-state index is -0.669. The van der Waals surface area contributed by atoms with Crippen LogP contribution in [-0.4, -0.2) is 18.7 Å². The number of allylic oxidation sites excluding steroid dienone is 1. The molecule has 0 atom stereocenters. The molecule has 0 rings (SSSR count). The van der Waals surface area contributed by atoms with Gasteiger partial charge in [-0.15, -0.1) is 0 Å². The van der Waals surface area contributed by atoms with Gasteiger partial charge in [-0.3, -0.25) is 9.59 Å². The monoisotopic (exact) mass is 128 g/mol. The summed E-state index contributed by atoms with van der Waals surface area (Å²) < 4.78 is 4.41. The van der Waals surface area contributed by atoms with Gasteiger partial charge >= 0.3 is 0 Å². The summed E-state index contributed by atoms with van der Waals surface area (Å²) in [5.41, 5.74) is 0. The first-order valence-corrected chi connectivity index (χ1v) is 2.37. The smallest absolute Gasteiger partial charge is 0.262 e. The van der Waals surface area contributed by atoms with Gasteiger partial charge in [0.2, 0.25) is 5.78 Å². The second-order valence-corrected chi connectivity index (χ2v) is 1.51. The van der Waals surface area contributed by atoms with Crippen molar-refractivity contribution in [1.82, 2.24) is 0 Å². The molecule has 0 saturated heterocycles. The Morgan fingerprint density at radius 2 is 1.89 bits per heavy atom. The summed E-state index contributed by atoms with van der Waals surface area (Å²) in [6, 6.07) is 0. The van der Waals surface area contributed by atoms with Crippen LogP contribution in [0.1, 0.15) is 6.92 Å². The minimum absolute atomic E-state index is 0.109. The number of rotatable bonds is 3. The third-order valence-electron chi connectivity index (χ3n) is 0.819. The molecule has 0 aliphatic rings. The standard InChI is InChI=1S/C6H8O3/c1-4(7)6(8)5(2)9-3/h2H2,1,3H3. The van der Waals surface area contributed by atoms with E-state index in [2.05, 4.69) is 11.3 Å². The third-order valence-corrected chi connectivity index (χ3v) is 0.819. The summed E-state index contributed by atoms with van der Waals surface area (Å²) in [6.07, 6.45) is 0. The van der Waals surface area contributed by atoms with Gasteiger partial charge < -0.3 is 4.74 Å². The highest BCUT2D eigenvalue weighted by molar-refractivity contribution is 6.41. The van der Waals surface area contributed by atoms with E-state index < -0.39 is 11.6 Å². The SMILES string of the molecule is C=C(OC)C(=O)C(C)=O. The molecule has 50 valence electrons. The van der Waals surface area contributed by atoms with Crippen molar-refractivity contribution in [3.05, 3.63) is 12.3 Å². The van der Waals surface area contributed by atoms with Crippen molar-refractivity contribution in [1.29, 1.82) is 0 Å². The Labute approximate surface area is 53.3 Å². The van der Waals surface area contributed by atoms with Crippen molar-refractivity contribution >= 4 is 11.6 Å². The van der Waals surface area contributed by atoms with Gasteiger partial charge in [0.05, 0.1) is 7.11 Å². The Balaban J connectivity index is 4.05. The molecule has 0 N–H and O–H groups in total. The molecule has 9 heavy (non-hydrogen) atoms. The molecular formula is C6H8O3. The number of hydrogen-bond donors (Lipinski definition) is 0. The maximum Gasteiger partial charge on any atom is 0.262 e. The summed E-state index contributed by atoms with van der Waals surface area (Å²) in [5, 5.41) is 0. The zero-order valence-electron chi connectivity index (χ0n) is 5.43. The van der Waals surface area contributed by atoms with Gasteiger partial charge in [-0.2, -0.15) is 0 Å². The molecule has 0 heterocycles. The van der Waals surface area contributed by atoms with Gasteiger partial charge in [0.25, 0.3) is 5.78 Å². The lowest BCUT2D eigenvalue weighted by Gasteiger charge is -1.96. The number of Topliss-reactive ketones (excluding diaryl/α,β-unsaturated/α-hetero) is 2. The van der Waals surface area contributed by atoms with Crippen LogP contribution < -0.4 is 0 Å². The Morgan fingerprint density at radius 1 is 1.44 bits per heavy atom. The molecule has 0 aromatic heterocycles. The first-order chi connectivity index (χ1) is 4.09. The Morgan fingerprint density at radius 3 is 2.00 bits per heavy atom. The van der Waals surface area contributed by atoms with Crippen molar-refractivity contribution in [3.63, 3.8) is 0 Å². The van der Waals surface area contributed by atoms with E-state index in [0.29, 0.717) is 0 Å². The van der Waals surface area contributed by atoms with Crippen molar-refractivity contribution in [2.45, 2.75) is 6.92 Å². The zero-order chi connectivity index (χ0) is 7.44. The first kappa shape index (κ1) is 7.88. The number of ether oxygens (including phenoxy) is 1. The van der Waals surface area contributed by atoms with Crippen LogP contribution >= 0.6 is 0 Å². The lowest BCUT2D eigenvalue weighted by atomic mass is 10.2. The summed E-state index contributed by atoms with van der Waals surface area (Å²) in [6.45, 7) is 4.37. The molecule has 0 bridgehead atoms. The predicted octanol–water partition coefficient (Wildman–Crippen LogP) is 0.305. The highest BCUT2D eigenvalue weighted by Gasteiger charge is 2.11. The molecule has 0 saturated carbocycles. The lowest BCUT2D eigenvalue weighted by molar-refractivity contribution is -0.134. The van der Waals surface area contributed by atoms with Crippen LogP contribution in [0.5, 0.6) is 0 Å². The fourth-order valence-corrected chi connectivity index (χ4v) is 0.289. The number of ketones is 2. The molecule has 0 aliphatic carbocycles. The topological polar surface area (TPSA) is 43.4 Å². The van der Waals surface area contributed by atoms with Crippen LogP contribution in [0.15, 0.2) is 12.3 Å². The molecule has 0 aliphatic heterocycles. The molecule has 0 amide bonds. The fraction of sp³-hybridized carbons (Fsp3) is 0.333. The zero-order valence-corrected chi connectivity index (χ0v) is 5.43. The second kappa shape index (κ2) is 3.02. The van der Waals surface area contributed by atoms with E-state index in [-0.39, 0.29) is 5.76 Å². The molecule has 0 aromatic carbocycles. The van der Waals surface area contributed by atoms with E-state index in [0.717, 1.165) is 0 Å². The average Bonchev–Trinajstić information content (AvgIpc) is 1.84. The van der Waals surface area contributed by atoms with Gasteiger partial charge in [-0.1, -0.05) is 6.58 Å². The van der Waals surface area contributed by atoms with E-state index in [9.17, 15) is 9.59 Å². The molecule has 0 spiro atoms. The lowest BCUT2D eigenvalue weighted by Crippen LogP contribution is -2.12. The second-order valence-electron chi connectivity index (χ2n) is 1.51. The number of hydrogen-bond acceptors (Lipinski definition) is 3. The quantitative estimate of drug-likeness (QED) is 0.312. The van der Waals surface area contributed by atoms with Gasteiger partial charge in [-0.05, 0) is 0 Å². The highest BCUT2D eigenvalue weighted by Crippen LogP contribution is 1.92. The van der Waals surface area contributed by atoms with Crippen LogP contribution in [0.3, 0.4) is 0 Å². The molecule has 0 radical (unpaired) electrons. The van der Waals surface area contributed by atoms with E-state index in [1.807, 2.05) is 0 Å². The first-order valence-electron chi connectivity index (χ1n) is 2.37. The van der Waals surface area contributed by atoms with E-state index >= 15 is 0 Å². The van der Waals surface area contributed by atoms with Crippen LogP contribution in [0.2, 0.25) is 0 Å². The van der Waals surface area contributed by atoms with E-state index in [1.165, 1.54) is 14.0 Å². The maximum absolute atomic E-state index is 10.5. The van der Waals surface area contributed by atoms with Crippen LogP contribution in [-0.2, 0) is 14.3 Å². The molecular weight excluding hydrogens is 120 g/mol. The number of carbonyl (C=O) groups is 2. The fourth-order valence-electron chi connectivity index (χ4n) is 0.289. The normalized spacial score (nSPS) is 8.22. The molecule has 3 heteroatoms. The summed E-state index contributed by atoms with van der Waals surface area (Å²) >= 11 is 0. The Bertz CT molecular complexity index is 158. The van der Waals surface area contributed by atoms with E-state index in [1.54, 1.807) is 0 Å². The van der Waals surface area contributed by atoms with Gasteiger partial charge in [0.15, 0.2) is 5.76 Å². The minimum Gasteiger partial charge on any atom is -0.493 e. The third kappa shape index (κ3) is 2.08. The highest BCUT2D eigenvalue weighted by atomic mass is 16.5.